The van der Waals surface area contributed by atoms with Gasteiger partial charge in [-0.15, -0.1) is 8.58 Å². The highest BCUT2D eigenvalue weighted by molar-refractivity contribution is 7.37. The summed E-state index contributed by atoms with van der Waals surface area (Å²) in [6.45, 7) is 1.79. The summed E-state index contributed by atoms with van der Waals surface area (Å²) in [4.78, 5) is 9.95. The van der Waals surface area contributed by atoms with E-state index < -0.39 is 12.2 Å². The van der Waals surface area contributed by atoms with Crippen LogP contribution < -0.4 is 5.73 Å². The number of nitrogens with zero attached hydrogens (tertiary/aromatic N) is 1. The molecule has 0 radical (unpaired) electrons. The molecule has 3 unspecified atom stereocenters. The molecular weight excluding hydrogens is 154 g/mol. The molecule has 0 saturated carbocycles. The molecule has 0 rings (SSSR count). The van der Waals surface area contributed by atoms with E-state index in [4.69, 9.17) is 5.73 Å². The van der Waals surface area contributed by atoms with Crippen LogP contribution in [0.2, 0.25) is 0 Å². The summed E-state index contributed by atoms with van der Waals surface area (Å²) in [7, 11) is 0.551. The molecule has 0 spiro atoms. The topological polar surface area (TPSA) is 55.5 Å². The van der Waals surface area contributed by atoms with Crippen molar-refractivity contribution in [3.8, 4) is 0 Å². The highest BCUT2D eigenvalue weighted by atomic mass is 31.1. The highest BCUT2D eigenvalue weighted by Crippen LogP contribution is 2.12. The molecule has 0 aromatic heterocycles. The summed E-state index contributed by atoms with van der Waals surface area (Å²) in [5, 5.41) is 2.65. The minimum Gasteiger partial charge on any atom is -0.328 e. The second kappa shape index (κ2) is 5.69. The van der Waals surface area contributed by atoms with Gasteiger partial charge in [-0.05, 0) is 12.8 Å². The fourth-order valence-corrected chi connectivity index (χ4v) is 1.35. The molecule has 0 amide bonds. The predicted octanol–water partition coefficient (Wildman–Crippen LogP) is 0.727. The number of halogens is 1. The summed E-state index contributed by atoms with van der Waals surface area (Å²) in [6, 6.07) is -0.728. The number of hydrogen-bond donors (Lipinski definition) is 1. The van der Waals surface area contributed by atoms with E-state index in [9.17, 15) is 9.30 Å². The van der Waals surface area contributed by atoms with Gasteiger partial charge in [-0.2, -0.15) is 4.91 Å². The van der Waals surface area contributed by atoms with Crippen LogP contribution >= 0.6 is 8.58 Å². The number of rotatable bonds is 5. The SMILES string of the molecule is CPCC(N=O)C(F)CN. The molecule has 3 nitrogen and oxygen atoms in total. The Labute approximate surface area is 61.3 Å². The maximum Gasteiger partial charge on any atom is 0.138 e. The monoisotopic (exact) mass is 166 g/mol. The molecule has 0 aliphatic rings. The van der Waals surface area contributed by atoms with Crippen LogP contribution in [-0.2, 0) is 0 Å². The Balaban J connectivity index is 3.67. The van der Waals surface area contributed by atoms with E-state index >= 15 is 0 Å². The van der Waals surface area contributed by atoms with Crippen LogP contribution in [0.25, 0.3) is 0 Å². The summed E-state index contributed by atoms with van der Waals surface area (Å²) >= 11 is 0. The average Bonchev–Trinajstić information content (AvgIpc) is 1.99. The largest absolute Gasteiger partial charge is 0.328 e. The molecule has 0 aromatic carbocycles. The third kappa shape index (κ3) is 3.18. The predicted molar refractivity (Wildman–Crippen MR) is 42.6 cm³/mol. The van der Waals surface area contributed by atoms with Gasteiger partial charge in [-0.3, -0.25) is 0 Å². The molecule has 3 atom stereocenters. The van der Waals surface area contributed by atoms with Crippen molar-refractivity contribution in [2.75, 3.05) is 19.4 Å². The first-order valence-electron chi connectivity index (χ1n) is 3.07. The number of hydrogen-bond acceptors (Lipinski definition) is 3. The first kappa shape index (κ1) is 9.92. The van der Waals surface area contributed by atoms with E-state index in [1.807, 2.05) is 6.66 Å². The van der Waals surface area contributed by atoms with Crippen LogP contribution in [0.5, 0.6) is 0 Å². The zero-order chi connectivity index (χ0) is 7.98. The van der Waals surface area contributed by atoms with Crippen molar-refractivity contribution >= 4 is 8.58 Å². The van der Waals surface area contributed by atoms with Crippen molar-refractivity contribution in [1.29, 1.82) is 0 Å². The maximum atomic E-state index is 12.6. The first-order valence-corrected chi connectivity index (χ1v) is 4.78. The van der Waals surface area contributed by atoms with Gasteiger partial charge in [0.15, 0.2) is 0 Å². The standard InChI is InChI=1S/C5H12FN2OP/c1-10-3-5(8-9)4(6)2-7/h4-5,10H,2-3,7H2,1H3. The fourth-order valence-electron chi connectivity index (χ4n) is 0.597. The third-order valence-corrected chi connectivity index (χ3v) is 2.02. The minimum atomic E-state index is -1.26. The summed E-state index contributed by atoms with van der Waals surface area (Å²) in [6.07, 6.45) is -0.744. The Kier molecular flexibility index (Phi) is 5.64. The van der Waals surface area contributed by atoms with Crippen molar-refractivity contribution < 1.29 is 4.39 Å². The van der Waals surface area contributed by atoms with E-state index in [1.54, 1.807) is 0 Å². The smallest absolute Gasteiger partial charge is 0.138 e. The molecular formula is C5H12FN2OP. The van der Waals surface area contributed by atoms with E-state index in [1.165, 1.54) is 0 Å². The van der Waals surface area contributed by atoms with Gasteiger partial charge < -0.3 is 5.73 Å². The Bertz CT molecular complexity index is 104. The molecule has 0 heterocycles. The lowest BCUT2D eigenvalue weighted by molar-refractivity contribution is 0.302. The van der Waals surface area contributed by atoms with Gasteiger partial charge in [0, 0.05) is 6.54 Å². The summed E-state index contributed by atoms with van der Waals surface area (Å²) < 4.78 is 12.6. The normalized spacial score (nSPS) is 17.5. The zero-order valence-electron chi connectivity index (χ0n) is 5.88. The van der Waals surface area contributed by atoms with Gasteiger partial charge in [0.1, 0.15) is 12.2 Å². The zero-order valence-corrected chi connectivity index (χ0v) is 6.88. The fraction of sp³-hybridized carbons (Fsp3) is 1.00. The molecule has 0 saturated heterocycles. The quantitative estimate of drug-likeness (QED) is 0.483. The molecule has 0 aromatic rings. The van der Waals surface area contributed by atoms with Crippen molar-refractivity contribution in [2.24, 2.45) is 10.9 Å². The van der Waals surface area contributed by atoms with Crippen molar-refractivity contribution in [3.63, 3.8) is 0 Å². The van der Waals surface area contributed by atoms with Crippen molar-refractivity contribution in [3.05, 3.63) is 4.91 Å². The van der Waals surface area contributed by atoms with Crippen LogP contribution in [-0.4, -0.2) is 31.6 Å². The van der Waals surface area contributed by atoms with E-state index in [2.05, 4.69) is 5.18 Å². The molecule has 0 aliphatic carbocycles. The van der Waals surface area contributed by atoms with Gasteiger partial charge in [0.25, 0.3) is 0 Å². The van der Waals surface area contributed by atoms with Crippen LogP contribution in [0.3, 0.4) is 0 Å². The lowest BCUT2D eigenvalue weighted by Crippen LogP contribution is -2.29. The molecule has 60 valence electrons. The van der Waals surface area contributed by atoms with E-state index in [-0.39, 0.29) is 6.54 Å². The lowest BCUT2D eigenvalue weighted by Gasteiger charge is -2.09. The second-order valence-electron chi connectivity index (χ2n) is 1.98. The van der Waals surface area contributed by atoms with Crippen LogP contribution in [0.15, 0.2) is 5.18 Å². The van der Waals surface area contributed by atoms with E-state index in [0.29, 0.717) is 14.7 Å². The van der Waals surface area contributed by atoms with E-state index in [0.717, 1.165) is 0 Å². The Hall–Kier alpha value is -0.0800. The lowest BCUT2D eigenvalue weighted by atomic mass is 10.2. The van der Waals surface area contributed by atoms with Crippen LogP contribution in [0, 0.1) is 4.91 Å². The summed E-state index contributed by atoms with van der Waals surface area (Å²) in [5.41, 5.74) is 5.01. The van der Waals surface area contributed by atoms with Gasteiger partial charge >= 0.3 is 0 Å². The molecule has 0 fully saturated rings. The van der Waals surface area contributed by atoms with Gasteiger partial charge in [-0.25, -0.2) is 4.39 Å². The Morgan fingerprint density at radius 1 is 1.80 bits per heavy atom. The average molecular weight is 166 g/mol. The van der Waals surface area contributed by atoms with Crippen LogP contribution in [0.4, 0.5) is 4.39 Å². The number of nitrogens with two attached hydrogens (primary N) is 1. The number of alkyl halides is 1. The van der Waals surface area contributed by atoms with Gasteiger partial charge in [0.2, 0.25) is 0 Å². The second-order valence-corrected chi connectivity index (χ2v) is 3.10. The van der Waals surface area contributed by atoms with Crippen molar-refractivity contribution in [1.82, 2.24) is 0 Å². The highest BCUT2D eigenvalue weighted by Gasteiger charge is 2.18. The minimum absolute atomic E-state index is 0.110. The molecule has 0 aliphatic heterocycles. The Morgan fingerprint density at radius 2 is 2.40 bits per heavy atom. The Morgan fingerprint density at radius 3 is 2.70 bits per heavy atom. The molecule has 10 heavy (non-hydrogen) atoms. The van der Waals surface area contributed by atoms with Gasteiger partial charge in [-0.1, -0.05) is 5.18 Å². The first-order chi connectivity index (χ1) is 4.76. The third-order valence-electron chi connectivity index (χ3n) is 1.19. The maximum absolute atomic E-state index is 12.6. The number of nitroso groups, excluding NO2 is 1. The van der Waals surface area contributed by atoms with Crippen molar-refractivity contribution in [2.45, 2.75) is 12.2 Å². The molecule has 0 bridgehead atoms. The summed E-state index contributed by atoms with van der Waals surface area (Å²) in [5.74, 6) is 0. The molecule has 5 heteroatoms. The molecule has 2 N–H and O–H groups in total. The van der Waals surface area contributed by atoms with Gasteiger partial charge in [0.05, 0.1) is 0 Å². The van der Waals surface area contributed by atoms with Crippen LogP contribution in [0.1, 0.15) is 0 Å².